The smallest absolute Gasteiger partial charge is 0.103 e. The fraction of sp³-hybridized carbons (Fsp3) is 0.615. The third kappa shape index (κ3) is 2.61. The van der Waals surface area contributed by atoms with Crippen LogP contribution in [0.15, 0.2) is 30.7 Å². The summed E-state index contributed by atoms with van der Waals surface area (Å²) in [5.74, 6) is 0.313. The van der Waals surface area contributed by atoms with Crippen LogP contribution in [0.5, 0.6) is 0 Å². The van der Waals surface area contributed by atoms with Gasteiger partial charge in [-0.15, -0.1) is 0 Å². The summed E-state index contributed by atoms with van der Waals surface area (Å²) in [6.07, 6.45) is 11.6. The van der Waals surface area contributed by atoms with Gasteiger partial charge >= 0.3 is 0 Å². The number of piperidine rings is 1. The summed E-state index contributed by atoms with van der Waals surface area (Å²) in [7, 11) is 1.81. The summed E-state index contributed by atoms with van der Waals surface area (Å²) in [5, 5.41) is 21.7. The van der Waals surface area contributed by atoms with Crippen molar-refractivity contribution in [1.29, 1.82) is 0 Å². The summed E-state index contributed by atoms with van der Waals surface area (Å²) in [6, 6.07) is 4.18. The second kappa shape index (κ2) is 6.56. The van der Waals surface area contributed by atoms with Gasteiger partial charge in [-0.05, 0) is 64.0 Å². The van der Waals surface area contributed by atoms with Crippen LogP contribution in [0, 0.1) is 16.7 Å². The Bertz CT molecular complexity index is 1300. The van der Waals surface area contributed by atoms with Crippen LogP contribution in [0.3, 0.4) is 0 Å². The van der Waals surface area contributed by atoms with Crippen molar-refractivity contribution in [3.05, 3.63) is 35.7 Å². The molecule has 1 spiro atoms. The molecule has 1 N–H and O–H groups in total. The first-order valence-electron chi connectivity index (χ1n) is 12.4. The molecule has 2 aromatic heterocycles. The summed E-state index contributed by atoms with van der Waals surface area (Å²) >= 11 is 6.72. The molecule has 4 fully saturated rings. The first-order chi connectivity index (χ1) is 16.2. The van der Waals surface area contributed by atoms with Gasteiger partial charge in [0, 0.05) is 36.4 Å². The van der Waals surface area contributed by atoms with Gasteiger partial charge in [0.05, 0.1) is 52.6 Å². The van der Waals surface area contributed by atoms with E-state index in [2.05, 4.69) is 21.8 Å². The molecule has 1 saturated heterocycles. The van der Waals surface area contributed by atoms with Gasteiger partial charge in [0.1, 0.15) is 5.69 Å². The average Bonchev–Trinajstić information content (AvgIpc) is 3.27. The van der Waals surface area contributed by atoms with Crippen molar-refractivity contribution < 1.29 is 9.84 Å². The zero-order valence-corrected chi connectivity index (χ0v) is 20.8. The second-order valence-electron chi connectivity index (χ2n) is 11.8. The van der Waals surface area contributed by atoms with E-state index in [1.807, 2.05) is 44.1 Å². The molecular weight excluding hydrogens is 450 g/mol. The molecule has 180 valence electrons. The van der Waals surface area contributed by atoms with Crippen LogP contribution < -0.4 is 4.90 Å². The van der Waals surface area contributed by atoms with Crippen LogP contribution >= 0.6 is 11.6 Å². The largest absolute Gasteiger partial charge is 0.390 e. The van der Waals surface area contributed by atoms with Crippen LogP contribution in [-0.2, 0) is 10.3 Å². The molecule has 7 nitrogen and oxygen atoms in total. The van der Waals surface area contributed by atoms with Crippen molar-refractivity contribution in [1.82, 2.24) is 19.6 Å². The number of halogens is 1. The van der Waals surface area contributed by atoms with Crippen molar-refractivity contribution in [2.75, 3.05) is 31.7 Å². The minimum atomic E-state index is -0.637. The predicted octanol–water partition coefficient (Wildman–Crippen LogP) is 4.39. The molecule has 34 heavy (non-hydrogen) atoms. The second-order valence-corrected chi connectivity index (χ2v) is 12.2. The highest BCUT2D eigenvalue weighted by atomic mass is 35.5. The number of hydrogen-bond acceptors (Lipinski definition) is 5. The third-order valence-electron chi connectivity index (χ3n) is 9.67. The van der Waals surface area contributed by atoms with E-state index in [0.29, 0.717) is 16.7 Å². The number of fused-ring (bicyclic) bond motifs is 1. The van der Waals surface area contributed by atoms with Gasteiger partial charge < -0.3 is 14.7 Å². The summed E-state index contributed by atoms with van der Waals surface area (Å²) in [5.41, 5.74) is 3.48. The zero-order chi connectivity index (χ0) is 23.5. The Hall–Kier alpha value is -2.09. The Morgan fingerprint density at radius 2 is 1.94 bits per heavy atom. The Morgan fingerprint density at radius 1 is 1.15 bits per heavy atom. The van der Waals surface area contributed by atoms with Gasteiger partial charge in [0.2, 0.25) is 0 Å². The van der Waals surface area contributed by atoms with E-state index in [9.17, 15) is 5.11 Å². The maximum absolute atomic E-state index is 10.4. The number of rotatable bonds is 6. The van der Waals surface area contributed by atoms with Crippen molar-refractivity contribution in [2.24, 2.45) is 16.7 Å². The van der Waals surface area contributed by atoms with E-state index in [-0.39, 0.29) is 5.54 Å². The van der Waals surface area contributed by atoms with E-state index < -0.39 is 5.60 Å². The Kier molecular flexibility index (Phi) is 4.09. The number of methoxy groups -OCH3 is 1. The van der Waals surface area contributed by atoms with E-state index >= 15 is 0 Å². The zero-order valence-electron chi connectivity index (χ0n) is 20.1. The minimum absolute atomic E-state index is 0.200. The molecule has 0 amide bonds. The Balaban J connectivity index is 1.16. The average molecular weight is 482 g/mol. The first kappa shape index (κ1) is 21.2. The molecule has 3 unspecified atom stereocenters. The fourth-order valence-electron chi connectivity index (χ4n) is 7.68. The SMILES string of the molecule is COCC12CC3(n4cc(-n5ncc6cc(Cl)c(N7CCC(C(C)(C)O)CC7)cc65)cn4)CC13C2. The number of aliphatic hydroxyl groups is 1. The summed E-state index contributed by atoms with van der Waals surface area (Å²) in [6.45, 7) is 6.49. The highest BCUT2D eigenvalue weighted by molar-refractivity contribution is 6.34. The molecule has 0 radical (unpaired) electrons. The monoisotopic (exact) mass is 481 g/mol. The number of hydrogen-bond donors (Lipinski definition) is 1. The lowest BCUT2D eigenvalue weighted by atomic mass is 9.80. The van der Waals surface area contributed by atoms with Crippen molar-refractivity contribution in [2.45, 2.75) is 57.1 Å². The van der Waals surface area contributed by atoms with Gasteiger partial charge in [-0.25, -0.2) is 4.68 Å². The first-order valence-corrected chi connectivity index (χ1v) is 12.8. The van der Waals surface area contributed by atoms with Crippen LogP contribution in [0.1, 0.15) is 46.0 Å². The lowest BCUT2D eigenvalue weighted by Crippen LogP contribution is -2.42. The summed E-state index contributed by atoms with van der Waals surface area (Å²) < 4.78 is 9.69. The number of nitrogens with zero attached hydrogens (tertiary/aromatic N) is 5. The highest BCUT2D eigenvalue weighted by Crippen LogP contribution is 2.98. The summed E-state index contributed by atoms with van der Waals surface area (Å²) in [4.78, 5) is 2.34. The molecule has 3 atom stereocenters. The quantitative estimate of drug-likeness (QED) is 0.565. The maximum atomic E-state index is 10.4. The predicted molar refractivity (Wildman–Crippen MR) is 132 cm³/mol. The lowest BCUT2D eigenvalue weighted by molar-refractivity contribution is 0.00652. The molecule has 3 heterocycles. The van der Waals surface area contributed by atoms with Crippen molar-refractivity contribution >= 4 is 28.2 Å². The lowest BCUT2D eigenvalue weighted by Gasteiger charge is -2.39. The van der Waals surface area contributed by atoms with E-state index in [1.165, 1.54) is 19.3 Å². The Morgan fingerprint density at radius 3 is 2.65 bits per heavy atom. The van der Waals surface area contributed by atoms with Crippen molar-refractivity contribution in [3.63, 3.8) is 0 Å². The molecular formula is C26H32ClN5O2. The number of anilines is 1. The van der Waals surface area contributed by atoms with Crippen molar-refractivity contribution in [3.8, 4) is 5.69 Å². The standard InChI is InChI=1S/C26H32ClN5O2/c1-23(2,33)18-4-6-30(7-5-18)22-9-21-17(8-20(22)27)10-29-32(21)19-11-28-31(12-19)26-14-24(16-34-3)13-25(24,26)15-26/h8-12,18,33H,4-7,13-16H2,1-3H3. The van der Waals surface area contributed by atoms with E-state index in [1.54, 1.807) is 0 Å². The van der Waals surface area contributed by atoms with Gasteiger partial charge in [-0.3, -0.25) is 4.68 Å². The van der Waals surface area contributed by atoms with Gasteiger partial charge in [-0.1, -0.05) is 11.6 Å². The van der Waals surface area contributed by atoms with Crippen LogP contribution in [0.2, 0.25) is 5.02 Å². The highest BCUT2D eigenvalue weighted by Gasteiger charge is 2.97. The van der Waals surface area contributed by atoms with Crippen LogP contribution in [-0.4, -0.2) is 57.1 Å². The molecule has 3 aliphatic carbocycles. The fourth-order valence-corrected chi connectivity index (χ4v) is 7.97. The topological polar surface area (TPSA) is 68.3 Å². The van der Waals surface area contributed by atoms with E-state index in [4.69, 9.17) is 26.5 Å². The van der Waals surface area contributed by atoms with Crippen LogP contribution in [0.4, 0.5) is 5.69 Å². The number of benzene rings is 1. The molecule has 1 aliphatic heterocycles. The molecule has 3 saturated carbocycles. The third-order valence-corrected chi connectivity index (χ3v) is 9.97. The maximum Gasteiger partial charge on any atom is 0.103 e. The molecule has 4 aliphatic rings. The molecule has 8 heteroatoms. The van der Waals surface area contributed by atoms with Gasteiger partial charge in [0.15, 0.2) is 0 Å². The Labute approximate surface area is 204 Å². The normalized spacial score (nSPS) is 32.4. The number of aromatic nitrogens is 4. The molecule has 7 rings (SSSR count). The molecule has 3 aromatic rings. The molecule has 1 aromatic carbocycles. The minimum Gasteiger partial charge on any atom is -0.390 e. The van der Waals surface area contributed by atoms with Crippen LogP contribution in [0.25, 0.3) is 16.6 Å². The molecule has 0 bridgehead atoms. The van der Waals surface area contributed by atoms with Gasteiger partial charge in [0.25, 0.3) is 0 Å². The number of ether oxygens (including phenoxy) is 1. The van der Waals surface area contributed by atoms with E-state index in [0.717, 1.165) is 59.8 Å². The van der Waals surface area contributed by atoms with Gasteiger partial charge in [-0.2, -0.15) is 10.2 Å².